The quantitative estimate of drug-likeness (QED) is 0.308. The summed E-state index contributed by atoms with van der Waals surface area (Å²) in [5.74, 6) is 1.38. The molecule has 0 radical (unpaired) electrons. The second-order valence-corrected chi connectivity index (χ2v) is 8.33. The summed E-state index contributed by atoms with van der Waals surface area (Å²) in [7, 11) is 0.474. The number of amides is 1. The number of rotatable bonds is 6. The number of hydrogen-bond acceptors (Lipinski definition) is 8. The van der Waals surface area contributed by atoms with E-state index in [0.717, 1.165) is 36.3 Å². The third-order valence-corrected chi connectivity index (χ3v) is 6.03. The molecule has 2 aromatic carbocycles. The highest BCUT2D eigenvalue weighted by atomic mass is 16.4. The van der Waals surface area contributed by atoms with Crippen LogP contribution in [-0.2, 0) is 13.0 Å². The summed E-state index contributed by atoms with van der Waals surface area (Å²) in [6.07, 6.45) is 3.42. The van der Waals surface area contributed by atoms with Gasteiger partial charge in [0.05, 0.1) is 17.3 Å². The highest BCUT2D eigenvalue weighted by molar-refractivity contribution is 6.58. The molecule has 172 valence electrons. The number of benzene rings is 2. The molecule has 1 aliphatic heterocycles. The molecule has 0 bridgehead atoms. The lowest BCUT2D eigenvalue weighted by Crippen LogP contribution is -2.30. The van der Waals surface area contributed by atoms with Gasteiger partial charge in [-0.15, -0.1) is 0 Å². The Bertz CT molecular complexity index is 1390. The first kappa shape index (κ1) is 21.9. The van der Waals surface area contributed by atoms with E-state index in [1.165, 1.54) is 0 Å². The fourth-order valence-electron chi connectivity index (χ4n) is 4.32. The lowest BCUT2D eigenvalue weighted by Gasteiger charge is -2.28. The molecular weight excluding hydrogens is 433 g/mol. The van der Waals surface area contributed by atoms with E-state index in [0.29, 0.717) is 40.2 Å². The summed E-state index contributed by atoms with van der Waals surface area (Å²) in [6.45, 7) is 1.32. The average Bonchev–Trinajstić information content (AvgIpc) is 3.27. The van der Waals surface area contributed by atoms with Crippen molar-refractivity contribution in [3.05, 3.63) is 65.4 Å². The van der Waals surface area contributed by atoms with E-state index < -0.39 is 13.0 Å². The first-order valence-corrected chi connectivity index (χ1v) is 11.0. The minimum absolute atomic E-state index is 0.381. The van der Waals surface area contributed by atoms with E-state index in [-0.39, 0.29) is 0 Å². The maximum Gasteiger partial charge on any atom is 0.488 e. The standard InChI is InChI=1S/C23H24BN7O3/c1-30-10-4-8-17-21(26-12-14-5-2-6-15(11-14)24(33)34)28-23(29-22(17)30)31-19-9-3-7-16(20(25)32)18(19)13-27-31/h2-3,5-7,9,11,13,33-34H,4,8,10,12H2,1H3,(H2,25,32)(H,26,28,29). The van der Waals surface area contributed by atoms with Gasteiger partial charge in [0.15, 0.2) is 0 Å². The van der Waals surface area contributed by atoms with Crippen molar-refractivity contribution in [1.29, 1.82) is 0 Å². The van der Waals surface area contributed by atoms with Gasteiger partial charge in [-0.2, -0.15) is 19.7 Å². The molecule has 4 aromatic rings. The Labute approximate surface area is 196 Å². The highest BCUT2D eigenvalue weighted by Gasteiger charge is 2.23. The van der Waals surface area contributed by atoms with E-state index in [9.17, 15) is 14.8 Å². The van der Waals surface area contributed by atoms with Gasteiger partial charge in [-0.3, -0.25) is 4.79 Å². The molecule has 0 saturated heterocycles. The third kappa shape index (κ3) is 3.95. The van der Waals surface area contributed by atoms with E-state index >= 15 is 0 Å². The zero-order valence-corrected chi connectivity index (χ0v) is 18.6. The second kappa shape index (κ2) is 8.77. The summed E-state index contributed by atoms with van der Waals surface area (Å²) in [5, 5.41) is 27.4. The van der Waals surface area contributed by atoms with Crippen LogP contribution in [0.15, 0.2) is 48.7 Å². The van der Waals surface area contributed by atoms with Gasteiger partial charge in [0.25, 0.3) is 5.95 Å². The molecule has 0 spiro atoms. The molecule has 11 heteroatoms. The predicted molar refractivity (Wildman–Crippen MR) is 130 cm³/mol. The van der Waals surface area contributed by atoms with E-state index in [1.54, 1.807) is 41.2 Å². The molecule has 0 saturated carbocycles. The Morgan fingerprint density at radius 1 is 1.21 bits per heavy atom. The molecule has 5 rings (SSSR count). The van der Waals surface area contributed by atoms with Crippen LogP contribution in [0.3, 0.4) is 0 Å². The first-order valence-electron chi connectivity index (χ1n) is 11.0. The molecular formula is C23H24BN7O3. The number of primary amides is 1. The number of aromatic nitrogens is 4. The van der Waals surface area contributed by atoms with Crippen molar-refractivity contribution in [2.75, 3.05) is 23.8 Å². The maximum absolute atomic E-state index is 11.8. The van der Waals surface area contributed by atoms with Crippen LogP contribution >= 0.6 is 0 Å². The van der Waals surface area contributed by atoms with Crippen molar-refractivity contribution < 1.29 is 14.8 Å². The Kier molecular flexibility index (Phi) is 5.64. The Balaban J connectivity index is 1.57. The largest absolute Gasteiger partial charge is 0.488 e. The van der Waals surface area contributed by atoms with E-state index in [1.807, 2.05) is 19.2 Å². The van der Waals surface area contributed by atoms with Crippen LogP contribution in [0.4, 0.5) is 11.6 Å². The van der Waals surface area contributed by atoms with Gasteiger partial charge in [0, 0.05) is 31.1 Å². The minimum atomic E-state index is -1.52. The van der Waals surface area contributed by atoms with Crippen LogP contribution in [0.5, 0.6) is 0 Å². The van der Waals surface area contributed by atoms with Crippen molar-refractivity contribution in [1.82, 2.24) is 19.7 Å². The number of fused-ring (bicyclic) bond motifs is 2. The third-order valence-electron chi connectivity index (χ3n) is 6.03. The van der Waals surface area contributed by atoms with Crippen molar-refractivity contribution in [2.24, 2.45) is 5.73 Å². The van der Waals surface area contributed by atoms with Gasteiger partial charge < -0.3 is 26.0 Å². The number of nitrogens with zero attached hydrogens (tertiary/aromatic N) is 5. The molecule has 1 aliphatic rings. The SMILES string of the molecule is CN1CCCc2c(NCc3cccc(B(O)O)c3)nc(-n3ncc4c(C(N)=O)cccc43)nc21. The van der Waals surface area contributed by atoms with Gasteiger partial charge in [-0.05, 0) is 36.0 Å². The molecule has 0 unspecified atom stereocenters. The fraction of sp³-hybridized carbons (Fsp3) is 0.217. The van der Waals surface area contributed by atoms with Crippen LogP contribution in [0.25, 0.3) is 16.9 Å². The Morgan fingerprint density at radius 3 is 2.82 bits per heavy atom. The zero-order chi connectivity index (χ0) is 23.8. The maximum atomic E-state index is 11.8. The first-order chi connectivity index (χ1) is 16.4. The van der Waals surface area contributed by atoms with Crippen LogP contribution in [-0.4, -0.2) is 56.4 Å². The highest BCUT2D eigenvalue weighted by Crippen LogP contribution is 2.31. The second-order valence-electron chi connectivity index (χ2n) is 8.33. The molecule has 0 aliphatic carbocycles. The summed E-state index contributed by atoms with van der Waals surface area (Å²) in [6, 6.07) is 12.4. The average molecular weight is 457 g/mol. The predicted octanol–water partition coefficient (Wildman–Crippen LogP) is 0.589. The number of anilines is 2. The molecule has 1 amide bonds. The van der Waals surface area contributed by atoms with E-state index in [4.69, 9.17) is 15.7 Å². The smallest absolute Gasteiger partial charge is 0.423 e. The molecule has 0 fully saturated rings. The van der Waals surface area contributed by atoms with Gasteiger partial charge >= 0.3 is 7.12 Å². The summed E-state index contributed by atoms with van der Waals surface area (Å²) >= 11 is 0. The Hall–Kier alpha value is -3.96. The molecule has 34 heavy (non-hydrogen) atoms. The zero-order valence-electron chi connectivity index (χ0n) is 18.6. The molecule has 0 atom stereocenters. The van der Waals surface area contributed by atoms with E-state index in [2.05, 4.69) is 15.3 Å². The van der Waals surface area contributed by atoms with Crippen LogP contribution in [0, 0.1) is 0 Å². The van der Waals surface area contributed by atoms with Gasteiger partial charge in [0.2, 0.25) is 5.91 Å². The lowest BCUT2D eigenvalue weighted by molar-refractivity contribution is 0.100. The Morgan fingerprint density at radius 2 is 2.03 bits per heavy atom. The number of carbonyl (C=O) groups is 1. The summed E-state index contributed by atoms with van der Waals surface area (Å²) < 4.78 is 1.61. The van der Waals surface area contributed by atoms with Gasteiger partial charge in [0.1, 0.15) is 11.6 Å². The number of nitrogens with one attached hydrogen (secondary N) is 1. The molecule has 2 aromatic heterocycles. The van der Waals surface area contributed by atoms with Crippen LogP contribution in [0.1, 0.15) is 27.9 Å². The van der Waals surface area contributed by atoms with Crippen molar-refractivity contribution in [3.8, 4) is 5.95 Å². The normalized spacial score (nSPS) is 13.1. The molecule has 10 nitrogen and oxygen atoms in total. The van der Waals surface area contributed by atoms with Crippen molar-refractivity contribution in [2.45, 2.75) is 19.4 Å². The van der Waals surface area contributed by atoms with Crippen LogP contribution in [0.2, 0.25) is 0 Å². The number of nitrogens with two attached hydrogens (primary N) is 1. The fourth-order valence-corrected chi connectivity index (χ4v) is 4.32. The molecule has 5 N–H and O–H groups in total. The van der Waals surface area contributed by atoms with Gasteiger partial charge in [-0.1, -0.05) is 30.3 Å². The monoisotopic (exact) mass is 457 g/mol. The minimum Gasteiger partial charge on any atom is -0.423 e. The van der Waals surface area contributed by atoms with Crippen molar-refractivity contribution >= 4 is 41.0 Å². The van der Waals surface area contributed by atoms with Crippen molar-refractivity contribution in [3.63, 3.8) is 0 Å². The number of hydrogen-bond donors (Lipinski definition) is 4. The topological polar surface area (TPSA) is 142 Å². The lowest BCUT2D eigenvalue weighted by atomic mass is 9.79. The number of carbonyl (C=O) groups excluding carboxylic acids is 1. The van der Waals surface area contributed by atoms with Gasteiger partial charge in [-0.25, -0.2) is 0 Å². The summed E-state index contributed by atoms with van der Waals surface area (Å²) in [4.78, 5) is 23.5. The summed E-state index contributed by atoms with van der Waals surface area (Å²) in [5.41, 5.74) is 8.94. The molecule has 3 heterocycles. The van der Waals surface area contributed by atoms with Crippen LogP contribution < -0.4 is 21.4 Å².